The van der Waals surface area contributed by atoms with Crippen molar-refractivity contribution in [3.8, 4) is 0 Å². The van der Waals surface area contributed by atoms with Crippen LogP contribution < -0.4 is 0 Å². The molecule has 39 heavy (non-hydrogen) atoms. The zero-order chi connectivity index (χ0) is 29.3. The first-order valence-electron chi connectivity index (χ1n) is 12.4. The Bertz CT molecular complexity index is 1170. The summed E-state index contributed by atoms with van der Waals surface area (Å²) in [5.74, 6) is -1.53. The van der Waals surface area contributed by atoms with Crippen molar-refractivity contribution >= 4 is 12.0 Å². The molecule has 2 aromatic carbocycles. The van der Waals surface area contributed by atoms with Crippen molar-refractivity contribution < 1.29 is 40.7 Å². The molecule has 0 aliphatic carbocycles. The summed E-state index contributed by atoms with van der Waals surface area (Å²) in [5, 5.41) is 0. The molecule has 1 saturated heterocycles. The van der Waals surface area contributed by atoms with Gasteiger partial charge in [0.15, 0.2) is 0 Å². The fourth-order valence-corrected chi connectivity index (χ4v) is 4.72. The summed E-state index contributed by atoms with van der Waals surface area (Å²) in [4.78, 5) is 29.0. The van der Waals surface area contributed by atoms with E-state index < -0.39 is 59.5 Å². The molecule has 214 valence electrons. The molecular formula is C28H32F6N2O3. The minimum absolute atomic E-state index is 0.0610. The molecule has 2 atom stereocenters. The molecule has 2 aromatic rings. The van der Waals surface area contributed by atoms with Gasteiger partial charge in [-0.1, -0.05) is 29.8 Å². The molecule has 1 aliphatic heterocycles. The summed E-state index contributed by atoms with van der Waals surface area (Å²) in [7, 11) is 1.35. The van der Waals surface area contributed by atoms with Gasteiger partial charge in [-0.25, -0.2) is 4.79 Å². The lowest BCUT2D eigenvalue weighted by Gasteiger charge is -2.40. The molecule has 3 rings (SSSR count). The average molecular weight is 559 g/mol. The van der Waals surface area contributed by atoms with E-state index in [1.54, 1.807) is 20.8 Å². The summed E-state index contributed by atoms with van der Waals surface area (Å²) < 4.78 is 85.3. The van der Waals surface area contributed by atoms with Gasteiger partial charge in [0, 0.05) is 38.5 Å². The first-order chi connectivity index (χ1) is 17.8. The van der Waals surface area contributed by atoms with Crippen LogP contribution in [0.15, 0.2) is 42.5 Å². The zero-order valence-electron chi connectivity index (χ0n) is 22.4. The van der Waals surface area contributed by atoms with Crippen LogP contribution in [0.5, 0.6) is 0 Å². The van der Waals surface area contributed by atoms with Gasteiger partial charge in [-0.3, -0.25) is 4.79 Å². The van der Waals surface area contributed by atoms with E-state index >= 15 is 0 Å². The van der Waals surface area contributed by atoms with E-state index in [0.717, 1.165) is 16.0 Å². The molecule has 1 fully saturated rings. The molecule has 0 bridgehead atoms. The summed E-state index contributed by atoms with van der Waals surface area (Å²) >= 11 is 0. The van der Waals surface area contributed by atoms with Gasteiger partial charge in [0.1, 0.15) is 5.60 Å². The molecule has 1 heterocycles. The van der Waals surface area contributed by atoms with E-state index in [1.165, 1.54) is 11.9 Å². The Morgan fingerprint density at radius 2 is 1.56 bits per heavy atom. The lowest BCUT2D eigenvalue weighted by molar-refractivity contribution is -0.143. The second kappa shape index (κ2) is 11.1. The Morgan fingerprint density at radius 1 is 0.974 bits per heavy atom. The van der Waals surface area contributed by atoms with E-state index in [9.17, 15) is 35.9 Å². The lowest BCUT2D eigenvalue weighted by atomic mass is 9.79. The van der Waals surface area contributed by atoms with Gasteiger partial charge in [0.2, 0.25) is 5.91 Å². The van der Waals surface area contributed by atoms with Crippen LogP contribution >= 0.6 is 0 Å². The average Bonchev–Trinajstić information content (AvgIpc) is 2.80. The first-order valence-corrected chi connectivity index (χ1v) is 12.4. The fourth-order valence-electron chi connectivity index (χ4n) is 4.72. The maximum atomic E-state index is 13.6. The third kappa shape index (κ3) is 7.89. The fraction of sp³-hybridized carbons (Fsp3) is 0.500. The number of halogens is 6. The Hall–Kier alpha value is -3.24. The highest BCUT2D eigenvalue weighted by molar-refractivity contribution is 5.80. The zero-order valence-corrected chi connectivity index (χ0v) is 22.4. The molecule has 11 heteroatoms. The Morgan fingerprint density at radius 3 is 2.08 bits per heavy atom. The van der Waals surface area contributed by atoms with Crippen molar-refractivity contribution in [2.24, 2.45) is 5.92 Å². The van der Waals surface area contributed by atoms with Crippen LogP contribution in [0.25, 0.3) is 0 Å². The molecule has 5 nitrogen and oxygen atoms in total. The normalized spacial score (nSPS) is 18.6. The Kier molecular flexibility index (Phi) is 8.62. The quantitative estimate of drug-likeness (QED) is 0.379. The summed E-state index contributed by atoms with van der Waals surface area (Å²) in [6.07, 6.45) is -10.2. The van der Waals surface area contributed by atoms with Crippen molar-refractivity contribution in [3.63, 3.8) is 0 Å². The second-order valence-corrected chi connectivity index (χ2v) is 11.0. The van der Waals surface area contributed by atoms with Gasteiger partial charge in [0.25, 0.3) is 0 Å². The number of amides is 2. The van der Waals surface area contributed by atoms with Crippen molar-refractivity contribution in [2.75, 3.05) is 20.1 Å². The number of carbonyl (C=O) groups excluding carboxylic acids is 2. The molecule has 1 aliphatic rings. The molecule has 0 N–H and O–H groups in total. The van der Waals surface area contributed by atoms with Crippen molar-refractivity contribution in [1.29, 1.82) is 0 Å². The number of hydrogen-bond donors (Lipinski definition) is 0. The minimum Gasteiger partial charge on any atom is -0.444 e. The van der Waals surface area contributed by atoms with Gasteiger partial charge >= 0.3 is 18.4 Å². The second-order valence-electron chi connectivity index (χ2n) is 11.0. The van der Waals surface area contributed by atoms with Gasteiger partial charge < -0.3 is 14.5 Å². The molecule has 0 unspecified atom stereocenters. The third-order valence-electron chi connectivity index (χ3n) is 6.50. The number of ether oxygens (including phenoxy) is 1. The molecule has 0 radical (unpaired) electrons. The SMILES string of the molecule is Cc1cccc([C@@H]2CN(C(=O)OC(C)(C)C)CC[C@H]2C(=O)N(C)Cc2cc(C(F)(F)F)cc(C(F)(F)F)c2)c1. The van der Waals surface area contributed by atoms with Crippen LogP contribution in [0.3, 0.4) is 0 Å². The standard InChI is InChI=1S/C28H32F6N2O3/c1-17-7-6-8-19(11-17)23-16-36(25(38)39-26(2,3)4)10-9-22(23)24(37)35(5)15-18-12-20(27(29,30)31)14-21(13-18)28(32,33)34/h6-8,11-14,22-23H,9-10,15-16H2,1-5H3/t22-,23+/m1/s1. The van der Waals surface area contributed by atoms with Crippen LogP contribution in [0.4, 0.5) is 31.1 Å². The van der Waals surface area contributed by atoms with Gasteiger partial charge in [-0.05, 0) is 63.4 Å². The Balaban J connectivity index is 1.89. The van der Waals surface area contributed by atoms with Crippen molar-refractivity contribution in [1.82, 2.24) is 9.80 Å². The third-order valence-corrected chi connectivity index (χ3v) is 6.50. The van der Waals surface area contributed by atoms with Crippen LogP contribution in [-0.4, -0.2) is 47.5 Å². The number of rotatable bonds is 4. The highest BCUT2D eigenvalue weighted by Crippen LogP contribution is 2.38. The first kappa shape index (κ1) is 30.3. The van der Waals surface area contributed by atoms with Crippen molar-refractivity contribution in [2.45, 2.75) is 64.5 Å². The predicted molar refractivity (Wildman–Crippen MR) is 133 cm³/mol. The largest absolute Gasteiger partial charge is 0.444 e. The van der Waals surface area contributed by atoms with E-state index in [-0.39, 0.29) is 31.1 Å². The van der Waals surface area contributed by atoms with Crippen LogP contribution in [0.1, 0.15) is 60.9 Å². The number of likely N-dealkylation sites (tertiary alicyclic amines) is 1. The summed E-state index contributed by atoms with van der Waals surface area (Å²) in [6, 6.07) is 8.75. The maximum Gasteiger partial charge on any atom is 0.416 e. The number of aryl methyl sites for hydroxylation is 1. The predicted octanol–water partition coefficient (Wildman–Crippen LogP) is 7.03. The molecule has 0 saturated carbocycles. The van der Waals surface area contributed by atoms with Gasteiger partial charge in [-0.2, -0.15) is 26.3 Å². The van der Waals surface area contributed by atoms with Crippen LogP contribution in [0.2, 0.25) is 0 Å². The van der Waals surface area contributed by atoms with Crippen LogP contribution in [0, 0.1) is 12.8 Å². The minimum atomic E-state index is -4.98. The van der Waals surface area contributed by atoms with Gasteiger partial charge in [-0.15, -0.1) is 0 Å². The number of piperidine rings is 1. The number of hydrogen-bond acceptors (Lipinski definition) is 3. The summed E-state index contributed by atoms with van der Waals surface area (Å²) in [5.41, 5.74) is -2.14. The number of carbonyl (C=O) groups is 2. The monoisotopic (exact) mass is 558 g/mol. The lowest BCUT2D eigenvalue weighted by Crippen LogP contribution is -2.48. The number of nitrogens with zero attached hydrogens (tertiary/aromatic N) is 2. The molecule has 2 amide bonds. The maximum absolute atomic E-state index is 13.6. The topological polar surface area (TPSA) is 49.9 Å². The molecular weight excluding hydrogens is 526 g/mol. The van der Waals surface area contributed by atoms with Crippen LogP contribution in [-0.2, 0) is 28.4 Å². The van der Waals surface area contributed by atoms with E-state index in [4.69, 9.17) is 4.74 Å². The summed E-state index contributed by atoms with van der Waals surface area (Å²) in [6.45, 7) is 7.05. The van der Waals surface area contributed by atoms with Crippen molar-refractivity contribution in [3.05, 3.63) is 70.3 Å². The molecule has 0 spiro atoms. The smallest absolute Gasteiger partial charge is 0.416 e. The van der Waals surface area contributed by atoms with E-state index in [0.29, 0.717) is 12.1 Å². The highest BCUT2D eigenvalue weighted by atomic mass is 19.4. The number of alkyl halides is 6. The van der Waals surface area contributed by atoms with E-state index in [2.05, 4.69) is 0 Å². The number of benzene rings is 2. The van der Waals surface area contributed by atoms with Gasteiger partial charge in [0.05, 0.1) is 11.1 Å². The van der Waals surface area contributed by atoms with E-state index in [1.807, 2.05) is 31.2 Å². The highest BCUT2D eigenvalue weighted by Gasteiger charge is 2.40. The molecule has 0 aromatic heterocycles. The Labute approximate surface area is 223 Å².